The second kappa shape index (κ2) is 6.32. The summed E-state index contributed by atoms with van der Waals surface area (Å²) in [5, 5.41) is 5.16. The zero-order chi connectivity index (χ0) is 15.5. The van der Waals surface area contributed by atoms with Crippen LogP contribution in [0.3, 0.4) is 0 Å². The van der Waals surface area contributed by atoms with Crippen molar-refractivity contribution in [2.75, 3.05) is 5.32 Å². The molecular formula is C18H18ClN3. The number of hydrogen-bond acceptors (Lipinski definition) is 3. The highest BCUT2D eigenvalue weighted by atomic mass is 35.5. The molecule has 0 saturated heterocycles. The molecule has 1 aromatic heterocycles. The summed E-state index contributed by atoms with van der Waals surface area (Å²) in [6.45, 7) is 4.29. The zero-order valence-electron chi connectivity index (χ0n) is 12.7. The van der Waals surface area contributed by atoms with Gasteiger partial charge in [0.1, 0.15) is 5.82 Å². The Balaban J connectivity index is 2.18. The molecule has 3 nitrogen and oxygen atoms in total. The molecule has 4 heteroatoms. The minimum Gasteiger partial charge on any atom is -0.367 e. The summed E-state index contributed by atoms with van der Waals surface area (Å²) >= 11 is 6.29. The Morgan fingerprint density at radius 3 is 2.55 bits per heavy atom. The van der Waals surface area contributed by atoms with Gasteiger partial charge in [-0.15, -0.1) is 0 Å². The van der Waals surface area contributed by atoms with Crippen molar-refractivity contribution in [2.24, 2.45) is 0 Å². The summed E-state index contributed by atoms with van der Waals surface area (Å²) in [6, 6.07) is 16.0. The maximum atomic E-state index is 6.29. The van der Waals surface area contributed by atoms with Gasteiger partial charge in [-0.25, -0.2) is 9.97 Å². The highest BCUT2D eigenvalue weighted by Crippen LogP contribution is 2.29. The van der Waals surface area contributed by atoms with Gasteiger partial charge in [0.05, 0.1) is 10.5 Å². The monoisotopic (exact) mass is 311 g/mol. The molecule has 1 atom stereocenters. The highest BCUT2D eigenvalue weighted by Gasteiger charge is 2.12. The van der Waals surface area contributed by atoms with Gasteiger partial charge in [0, 0.05) is 17.0 Å². The van der Waals surface area contributed by atoms with Crippen molar-refractivity contribution >= 4 is 28.3 Å². The summed E-state index contributed by atoms with van der Waals surface area (Å²) in [5.74, 6) is 1.50. The lowest BCUT2D eigenvalue weighted by molar-refractivity contribution is 0.760. The quantitative estimate of drug-likeness (QED) is 0.723. The lowest BCUT2D eigenvalue weighted by Crippen LogP contribution is -2.15. The van der Waals surface area contributed by atoms with Crippen LogP contribution in [0.15, 0.2) is 48.5 Å². The van der Waals surface area contributed by atoms with E-state index in [4.69, 9.17) is 16.6 Å². The molecule has 0 spiro atoms. The van der Waals surface area contributed by atoms with E-state index in [1.807, 2.05) is 48.5 Å². The number of anilines is 1. The molecule has 0 unspecified atom stereocenters. The van der Waals surface area contributed by atoms with Crippen molar-refractivity contribution in [3.8, 4) is 11.4 Å². The fourth-order valence-electron chi connectivity index (χ4n) is 2.29. The molecule has 1 N–H and O–H groups in total. The van der Waals surface area contributed by atoms with E-state index < -0.39 is 0 Å². The lowest BCUT2D eigenvalue weighted by Gasteiger charge is -2.15. The topological polar surface area (TPSA) is 37.8 Å². The Hall–Kier alpha value is -2.13. The number of rotatable bonds is 4. The molecule has 0 aliphatic carbocycles. The van der Waals surface area contributed by atoms with Gasteiger partial charge < -0.3 is 5.32 Å². The second-order valence-corrected chi connectivity index (χ2v) is 5.75. The molecule has 1 heterocycles. The van der Waals surface area contributed by atoms with E-state index in [9.17, 15) is 0 Å². The molecule has 112 valence electrons. The standard InChI is InChI=1S/C18H18ClN3/c1-3-12(2)20-18-14-9-5-7-11-16(14)21-17(22-18)13-8-4-6-10-15(13)19/h4-12H,3H2,1-2H3,(H,20,21,22)/t12-/m1/s1. The summed E-state index contributed by atoms with van der Waals surface area (Å²) < 4.78 is 0. The molecule has 0 aliphatic rings. The van der Waals surface area contributed by atoms with E-state index in [0.717, 1.165) is 28.7 Å². The molecule has 3 rings (SSSR count). The normalized spacial score (nSPS) is 12.3. The minimum atomic E-state index is 0.345. The van der Waals surface area contributed by atoms with Crippen LogP contribution in [0.4, 0.5) is 5.82 Å². The molecule has 22 heavy (non-hydrogen) atoms. The number of hydrogen-bond donors (Lipinski definition) is 1. The van der Waals surface area contributed by atoms with E-state index >= 15 is 0 Å². The van der Waals surface area contributed by atoms with Crippen molar-refractivity contribution < 1.29 is 0 Å². The van der Waals surface area contributed by atoms with E-state index in [-0.39, 0.29) is 0 Å². The Bertz CT molecular complexity index is 801. The highest BCUT2D eigenvalue weighted by molar-refractivity contribution is 6.33. The van der Waals surface area contributed by atoms with Gasteiger partial charge in [-0.2, -0.15) is 0 Å². The smallest absolute Gasteiger partial charge is 0.163 e. The van der Waals surface area contributed by atoms with Gasteiger partial charge in [-0.1, -0.05) is 42.8 Å². The van der Waals surface area contributed by atoms with E-state index in [2.05, 4.69) is 24.1 Å². The molecule has 0 bridgehead atoms. The molecular weight excluding hydrogens is 294 g/mol. The van der Waals surface area contributed by atoms with Gasteiger partial charge in [0.15, 0.2) is 5.82 Å². The van der Waals surface area contributed by atoms with Crippen molar-refractivity contribution in [1.29, 1.82) is 0 Å². The maximum Gasteiger partial charge on any atom is 0.163 e. The van der Waals surface area contributed by atoms with Crippen molar-refractivity contribution in [1.82, 2.24) is 9.97 Å². The second-order valence-electron chi connectivity index (χ2n) is 5.35. The van der Waals surface area contributed by atoms with Crippen molar-refractivity contribution in [3.63, 3.8) is 0 Å². The fourth-order valence-corrected chi connectivity index (χ4v) is 2.51. The van der Waals surface area contributed by atoms with Crippen LogP contribution in [0.25, 0.3) is 22.3 Å². The van der Waals surface area contributed by atoms with Crippen LogP contribution in [0.2, 0.25) is 5.02 Å². The Kier molecular flexibility index (Phi) is 4.25. The average molecular weight is 312 g/mol. The Morgan fingerprint density at radius 1 is 1.05 bits per heavy atom. The Labute approximate surface area is 135 Å². The van der Waals surface area contributed by atoms with Crippen LogP contribution in [-0.2, 0) is 0 Å². The number of nitrogens with zero attached hydrogens (tertiary/aromatic N) is 2. The van der Waals surface area contributed by atoms with Crippen LogP contribution in [0, 0.1) is 0 Å². The molecule has 0 amide bonds. The number of fused-ring (bicyclic) bond motifs is 1. The van der Waals surface area contributed by atoms with Crippen LogP contribution in [-0.4, -0.2) is 16.0 Å². The third-order valence-corrected chi connectivity index (χ3v) is 4.04. The van der Waals surface area contributed by atoms with Gasteiger partial charge in [0.2, 0.25) is 0 Å². The average Bonchev–Trinajstić information content (AvgIpc) is 2.55. The third-order valence-electron chi connectivity index (χ3n) is 3.71. The molecule has 0 aliphatic heterocycles. The van der Waals surface area contributed by atoms with E-state index in [1.165, 1.54) is 0 Å². The lowest BCUT2D eigenvalue weighted by atomic mass is 10.1. The zero-order valence-corrected chi connectivity index (χ0v) is 13.4. The third kappa shape index (κ3) is 2.90. The first kappa shape index (κ1) is 14.8. The maximum absolute atomic E-state index is 6.29. The fraction of sp³-hybridized carbons (Fsp3) is 0.222. The summed E-state index contributed by atoms with van der Waals surface area (Å²) in [7, 11) is 0. The number of para-hydroxylation sites is 1. The van der Waals surface area contributed by atoms with Gasteiger partial charge in [-0.3, -0.25) is 0 Å². The minimum absolute atomic E-state index is 0.345. The molecule has 0 fully saturated rings. The van der Waals surface area contributed by atoms with Crippen molar-refractivity contribution in [2.45, 2.75) is 26.3 Å². The molecule has 3 aromatic rings. The first-order valence-electron chi connectivity index (χ1n) is 7.47. The molecule has 0 saturated carbocycles. The van der Waals surface area contributed by atoms with E-state index in [0.29, 0.717) is 16.9 Å². The summed E-state index contributed by atoms with van der Waals surface area (Å²) in [4.78, 5) is 9.38. The van der Waals surface area contributed by atoms with Crippen LogP contribution in [0.5, 0.6) is 0 Å². The number of nitrogens with one attached hydrogen (secondary N) is 1. The van der Waals surface area contributed by atoms with Gasteiger partial charge in [-0.05, 0) is 37.6 Å². The molecule has 0 radical (unpaired) electrons. The SMILES string of the molecule is CC[C@@H](C)Nc1nc(-c2ccccc2Cl)nc2ccccc12. The van der Waals surface area contributed by atoms with Crippen molar-refractivity contribution in [3.05, 3.63) is 53.6 Å². The van der Waals surface area contributed by atoms with E-state index in [1.54, 1.807) is 0 Å². The predicted octanol–water partition coefficient (Wildman–Crippen LogP) is 5.16. The number of benzene rings is 2. The number of aromatic nitrogens is 2. The largest absolute Gasteiger partial charge is 0.367 e. The van der Waals surface area contributed by atoms with Crippen LogP contribution < -0.4 is 5.32 Å². The van der Waals surface area contributed by atoms with Gasteiger partial charge in [0.25, 0.3) is 0 Å². The van der Waals surface area contributed by atoms with Crippen LogP contribution in [0.1, 0.15) is 20.3 Å². The summed E-state index contributed by atoms with van der Waals surface area (Å²) in [5.41, 5.74) is 1.76. The first-order valence-corrected chi connectivity index (χ1v) is 7.85. The Morgan fingerprint density at radius 2 is 1.77 bits per heavy atom. The predicted molar refractivity (Wildman–Crippen MR) is 93.4 cm³/mol. The number of halogens is 1. The first-order chi connectivity index (χ1) is 10.7. The van der Waals surface area contributed by atoms with Crippen LogP contribution >= 0.6 is 11.6 Å². The molecule has 2 aromatic carbocycles. The van der Waals surface area contributed by atoms with Gasteiger partial charge >= 0.3 is 0 Å². The summed E-state index contributed by atoms with van der Waals surface area (Å²) in [6.07, 6.45) is 1.03.